The van der Waals surface area contributed by atoms with Gasteiger partial charge in [0.25, 0.3) is 0 Å². The second-order valence-corrected chi connectivity index (χ2v) is 3.54. The standard InChI is InChI=1S/C11H13N3O/c1-7(12)10-5-13-11(14-8(10)2)9-3-4-15-6-9/h3-7H,12H2,1-2H3/t7-/m1/s1. The highest BCUT2D eigenvalue weighted by atomic mass is 16.3. The van der Waals surface area contributed by atoms with Gasteiger partial charge in [-0.15, -0.1) is 0 Å². The first-order valence-corrected chi connectivity index (χ1v) is 4.80. The van der Waals surface area contributed by atoms with Crippen LogP contribution in [0.1, 0.15) is 24.2 Å². The number of aromatic nitrogens is 2. The molecule has 78 valence electrons. The summed E-state index contributed by atoms with van der Waals surface area (Å²) in [5, 5.41) is 0. The van der Waals surface area contributed by atoms with Gasteiger partial charge in [-0.2, -0.15) is 0 Å². The Morgan fingerprint density at radius 3 is 2.80 bits per heavy atom. The van der Waals surface area contributed by atoms with Gasteiger partial charge in [-0.05, 0) is 19.9 Å². The topological polar surface area (TPSA) is 64.9 Å². The van der Waals surface area contributed by atoms with E-state index in [9.17, 15) is 0 Å². The van der Waals surface area contributed by atoms with E-state index in [1.54, 1.807) is 18.7 Å². The molecule has 0 aromatic carbocycles. The molecule has 0 aliphatic heterocycles. The summed E-state index contributed by atoms with van der Waals surface area (Å²) in [5.74, 6) is 0.672. The molecule has 0 bridgehead atoms. The minimum Gasteiger partial charge on any atom is -0.472 e. The van der Waals surface area contributed by atoms with E-state index in [0.29, 0.717) is 5.82 Å². The first-order valence-electron chi connectivity index (χ1n) is 4.80. The Morgan fingerprint density at radius 2 is 2.27 bits per heavy atom. The van der Waals surface area contributed by atoms with E-state index in [-0.39, 0.29) is 6.04 Å². The molecule has 2 aromatic rings. The molecule has 0 fully saturated rings. The van der Waals surface area contributed by atoms with Crippen molar-refractivity contribution in [3.05, 3.63) is 36.0 Å². The lowest BCUT2D eigenvalue weighted by Gasteiger charge is -2.08. The summed E-state index contributed by atoms with van der Waals surface area (Å²) in [6.45, 7) is 3.85. The van der Waals surface area contributed by atoms with E-state index in [0.717, 1.165) is 16.8 Å². The monoisotopic (exact) mass is 203 g/mol. The second-order valence-electron chi connectivity index (χ2n) is 3.54. The van der Waals surface area contributed by atoms with Crippen LogP contribution in [0.25, 0.3) is 11.4 Å². The second kappa shape index (κ2) is 3.82. The molecule has 4 heteroatoms. The molecule has 2 aromatic heterocycles. The molecule has 15 heavy (non-hydrogen) atoms. The van der Waals surface area contributed by atoms with Crippen LogP contribution in [0.3, 0.4) is 0 Å². The largest absolute Gasteiger partial charge is 0.472 e. The summed E-state index contributed by atoms with van der Waals surface area (Å²) >= 11 is 0. The molecule has 0 amide bonds. The normalized spacial score (nSPS) is 12.7. The Hall–Kier alpha value is -1.68. The molecule has 0 saturated heterocycles. The van der Waals surface area contributed by atoms with Gasteiger partial charge in [-0.3, -0.25) is 0 Å². The molecule has 0 spiro atoms. The highest BCUT2D eigenvalue weighted by Crippen LogP contribution is 2.18. The van der Waals surface area contributed by atoms with E-state index in [2.05, 4.69) is 9.97 Å². The quantitative estimate of drug-likeness (QED) is 0.811. The molecular formula is C11H13N3O. The van der Waals surface area contributed by atoms with Crippen LogP contribution in [0.15, 0.2) is 29.2 Å². The van der Waals surface area contributed by atoms with Crippen molar-refractivity contribution in [1.82, 2.24) is 9.97 Å². The van der Waals surface area contributed by atoms with Crippen LogP contribution in [0.4, 0.5) is 0 Å². The van der Waals surface area contributed by atoms with E-state index in [1.807, 2.05) is 19.9 Å². The van der Waals surface area contributed by atoms with Crippen LogP contribution < -0.4 is 5.73 Å². The van der Waals surface area contributed by atoms with Crippen LogP contribution in [0, 0.1) is 6.92 Å². The van der Waals surface area contributed by atoms with Gasteiger partial charge >= 0.3 is 0 Å². The van der Waals surface area contributed by atoms with Crippen molar-refractivity contribution >= 4 is 0 Å². The fourth-order valence-electron chi connectivity index (χ4n) is 1.45. The number of rotatable bonds is 2. The third-order valence-electron chi connectivity index (χ3n) is 2.29. The molecule has 2 N–H and O–H groups in total. The zero-order valence-corrected chi connectivity index (χ0v) is 8.77. The average Bonchev–Trinajstić information content (AvgIpc) is 2.69. The van der Waals surface area contributed by atoms with Crippen LogP contribution in [-0.2, 0) is 0 Å². The van der Waals surface area contributed by atoms with Crippen LogP contribution in [0.2, 0.25) is 0 Å². The Kier molecular flexibility index (Phi) is 2.51. The maximum absolute atomic E-state index is 5.78. The van der Waals surface area contributed by atoms with Gasteiger partial charge in [0.15, 0.2) is 5.82 Å². The molecule has 4 nitrogen and oxygen atoms in total. The van der Waals surface area contributed by atoms with Gasteiger partial charge < -0.3 is 10.2 Å². The zero-order chi connectivity index (χ0) is 10.8. The van der Waals surface area contributed by atoms with Gasteiger partial charge in [0, 0.05) is 23.5 Å². The van der Waals surface area contributed by atoms with Crippen LogP contribution in [0.5, 0.6) is 0 Å². The van der Waals surface area contributed by atoms with Crippen molar-refractivity contribution in [3.8, 4) is 11.4 Å². The number of nitrogens with two attached hydrogens (primary N) is 1. The molecule has 0 aliphatic carbocycles. The van der Waals surface area contributed by atoms with Crippen molar-refractivity contribution in [2.75, 3.05) is 0 Å². The van der Waals surface area contributed by atoms with Crippen LogP contribution in [-0.4, -0.2) is 9.97 Å². The summed E-state index contributed by atoms with van der Waals surface area (Å²) in [4.78, 5) is 8.64. The number of hydrogen-bond donors (Lipinski definition) is 1. The van der Waals surface area contributed by atoms with E-state index in [1.165, 1.54) is 0 Å². The third-order valence-corrected chi connectivity index (χ3v) is 2.29. The maximum Gasteiger partial charge on any atom is 0.162 e. The molecule has 0 aliphatic rings. The van der Waals surface area contributed by atoms with E-state index >= 15 is 0 Å². The lowest BCUT2D eigenvalue weighted by Crippen LogP contribution is -2.09. The minimum absolute atomic E-state index is 0.0385. The summed E-state index contributed by atoms with van der Waals surface area (Å²) in [6.07, 6.45) is 5.00. The van der Waals surface area contributed by atoms with Gasteiger partial charge in [-0.1, -0.05) is 0 Å². The number of aryl methyl sites for hydroxylation is 1. The van der Waals surface area contributed by atoms with Crippen molar-refractivity contribution < 1.29 is 4.42 Å². The Balaban J connectivity index is 2.42. The fourth-order valence-corrected chi connectivity index (χ4v) is 1.45. The van der Waals surface area contributed by atoms with E-state index < -0.39 is 0 Å². The fraction of sp³-hybridized carbons (Fsp3) is 0.273. The van der Waals surface area contributed by atoms with Gasteiger partial charge in [0.05, 0.1) is 11.8 Å². The smallest absolute Gasteiger partial charge is 0.162 e. The molecule has 1 atom stereocenters. The summed E-state index contributed by atoms with van der Waals surface area (Å²) < 4.78 is 4.98. The molecule has 0 radical (unpaired) electrons. The lowest BCUT2D eigenvalue weighted by atomic mass is 10.1. The lowest BCUT2D eigenvalue weighted by molar-refractivity contribution is 0.568. The predicted molar refractivity (Wildman–Crippen MR) is 57.1 cm³/mol. The van der Waals surface area contributed by atoms with Crippen molar-refractivity contribution in [2.45, 2.75) is 19.9 Å². The van der Waals surface area contributed by atoms with Crippen LogP contribution >= 0.6 is 0 Å². The SMILES string of the molecule is Cc1nc(-c2ccoc2)ncc1[C@@H](C)N. The van der Waals surface area contributed by atoms with Gasteiger partial charge in [-0.25, -0.2) is 9.97 Å². The Morgan fingerprint density at radius 1 is 1.47 bits per heavy atom. The Bertz CT molecular complexity index is 449. The zero-order valence-electron chi connectivity index (χ0n) is 8.77. The third kappa shape index (κ3) is 1.89. The van der Waals surface area contributed by atoms with Crippen molar-refractivity contribution in [1.29, 1.82) is 0 Å². The van der Waals surface area contributed by atoms with E-state index in [4.69, 9.17) is 10.2 Å². The molecule has 0 saturated carbocycles. The summed E-state index contributed by atoms with van der Waals surface area (Å²) in [6, 6.07) is 1.80. The van der Waals surface area contributed by atoms with Crippen molar-refractivity contribution in [3.63, 3.8) is 0 Å². The molecule has 2 rings (SSSR count). The summed E-state index contributed by atoms with van der Waals surface area (Å²) in [7, 11) is 0. The number of nitrogens with zero attached hydrogens (tertiary/aromatic N) is 2. The summed E-state index contributed by atoms with van der Waals surface area (Å²) in [5.41, 5.74) is 8.56. The minimum atomic E-state index is -0.0385. The van der Waals surface area contributed by atoms with Gasteiger partial charge in [0.2, 0.25) is 0 Å². The molecule has 2 heterocycles. The predicted octanol–water partition coefficient (Wildman–Crippen LogP) is 2.06. The maximum atomic E-state index is 5.78. The number of hydrogen-bond acceptors (Lipinski definition) is 4. The number of furan rings is 1. The highest BCUT2D eigenvalue weighted by Gasteiger charge is 2.08. The van der Waals surface area contributed by atoms with Crippen molar-refractivity contribution in [2.24, 2.45) is 5.73 Å². The van der Waals surface area contributed by atoms with Gasteiger partial charge in [0.1, 0.15) is 6.26 Å². The molecular weight excluding hydrogens is 190 g/mol. The first-order chi connectivity index (χ1) is 7.18. The highest BCUT2D eigenvalue weighted by molar-refractivity contribution is 5.52. The Labute approximate surface area is 88.2 Å². The molecule has 0 unspecified atom stereocenters. The first kappa shape index (κ1) is 9.86. The average molecular weight is 203 g/mol.